The number of halogens is 1. The second kappa shape index (κ2) is 6.20. The average molecular weight is 277 g/mol. The van der Waals surface area contributed by atoms with E-state index in [4.69, 9.17) is 16.3 Å². The molecule has 0 saturated carbocycles. The van der Waals surface area contributed by atoms with Crippen molar-refractivity contribution in [1.29, 1.82) is 0 Å². The molecule has 19 heavy (non-hydrogen) atoms. The minimum Gasteiger partial charge on any atom is -0.487 e. The molecular formula is C14H13ClN2O2. The number of pyridine rings is 1. The summed E-state index contributed by atoms with van der Waals surface area (Å²) >= 11 is 5.80. The van der Waals surface area contributed by atoms with Gasteiger partial charge in [-0.2, -0.15) is 0 Å². The number of hydrogen-bond acceptors (Lipinski definition) is 3. The van der Waals surface area contributed by atoms with Crippen LogP contribution in [0.4, 0.5) is 5.82 Å². The lowest BCUT2D eigenvalue weighted by Crippen LogP contribution is -2.07. The van der Waals surface area contributed by atoms with Crippen molar-refractivity contribution < 1.29 is 9.53 Å². The van der Waals surface area contributed by atoms with E-state index in [0.717, 1.165) is 5.56 Å². The highest BCUT2D eigenvalue weighted by molar-refractivity contribution is 6.30. The van der Waals surface area contributed by atoms with Crippen LogP contribution in [0.25, 0.3) is 0 Å². The Labute approximate surface area is 116 Å². The minimum atomic E-state index is -0.151. The van der Waals surface area contributed by atoms with E-state index in [9.17, 15) is 4.79 Å². The first-order chi connectivity index (χ1) is 9.13. The number of carbonyl (C=O) groups is 1. The maximum absolute atomic E-state index is 10.8. The number of benzene rings is 1. The topological polar surface area (TPSA) is 51.2 Å². The molecule has 0 saturated heterocycles. The highest BCUT2D eigenvalue weighted by Gasteiger charge is 1.99. The zero-order valence-electron chi connectivity index (χ0n) is 10.4. The van der Waals surface area contributed by atoms with Gasteiger partial charge in [-0.15, -0.1) is 0 Å². The normalized spacial score (nSPS) is 10.0. The van der Waals surface area contributed by atoms with Crippen LogP contribution in [-0.2, 0) is 11.4 Å². The van der Waals surface area contributed by atoms with E-state index in [1.165, 1.54) is 6.92 Å². The summed E-state index contributed by atoms with van der Waals surface area (Å²) < 4.78 is 5.57. The molecule has 5 heteroatoms. The molecule has 1 heterocycles. The number of rotatable bonds is 4. The molecule has 0 aliphatic heterocycles. The van der Waals surface area contributed by atoms with E-state index < -0.39 is 0 Å². The van der Waals surface area contributed by atoms with Gasteiger partial charge in [-0.25, -0.2) is 4.98 Å². The van der Waals surface area contributed by atoms with Crippen molar-refractivity contribution in [3.05, 3.63) is 53.2 Å². The third kappa shape index (κ3) is 4.26. The first kappa shape index (κ1) is 13.4. The summed E-state index contributed by atoms with van der Waals surface area (Å²) in [6.07, 6.45) is 1.57. The van der Waals surface area contributed by atoms with Crippen molar-refractivity contribution in [3.63, 3.8) is 0 Å². The monoisotopic (exact) mass is 276 g/mol. The first-order valence-corrected chi connectivity index (χ1v) is 6.12. The first-order valence-electron chi connectivity index (χ1n) is 5.74. The van der Waals surface area contributed by atoms with E-state index in [-0.39, 0.29) is 5.91 Å². The van der Waals surface area contributed by atoms with Gasteiger partial charge in [-0.05, 0) is 29.8 Å². The van der Waals surface area contributed by atoms with Gasteiger partial charge in [0.1, 0.15) is 18.2 Å². The van der Waals surface area contributed by atoms with Crippen molar-refractivity contribution in [2.75, 3.05) is 5.32 Å². The van der Waals surface area contributed by atoms with Crippen LogP contribution in [0.5, 0.6) is 5.75 Å². The second-order valence-corrected chi connectivity index (χ2v) is 4.41. The number of carbonyl (C=O) groups excluding carboxylic acids is 1. The molecule has 1 aromatic carbocycles. The molecule has 1 N–H and O–H groups in total. The standard InChI is InChI=1S/C14H13ClN2O2/c1-10(18)17-14-7-6-13(8-16-14)19-9-11-2-4-12(15)5-3-11/h2-8H,9H2,1H3,(H,16,17,18). The van der Waals surface area contributed by atoms with Gasteiger partial charge >= 0.3 is 0 Å². The van der Waals surface area contributed by atoms with Crippen molar-refractivity contribution in [2.24, 2.45) is 0 Å². The molecule has 4 nitrogen and oxygen atoms in total. The SMILES string of the molecule is CC(=O)Nc1ccc(OCc2ccc(Cl)cc2)cn1. The number of nitrogens with one attached hydrogen (secondary N) is 1. The molecular weight excluding hydrogens is 264 g/mol. The Morgan fingerprint density at radius 2 is 2.00 bits per heavy atom. The fourth-order valence-electron chi connectivity index (χ4n) is 1.47. The number of nitrogens with zero attached hydrogens (tertiary/aromatic N) is 1. The third-order valence-corrected chi connectivity index (χ3v) is 2.61. The summed E-state index contributed by atoms with van der Waals surface area (Å²) in [5.74, 6) is 0.998. The molecule has 0 fully saturated rings. The summed E-state index contributed by atoms with van der Waals surface area (Å²) in [5.41, 5.74) is 1.02. The zero-order chi connectivity index (χ0) is 13.7. The molecule has 98 valence electrons. The van der Waals surface area contributed by atoms with Gasteiger partial charge < -0.3 is 10.1 Å². The molecule has 0 bridgehead atoms. The lowest BCUT2D eigenvalue weighted by atomic mass is 10.2. The zero-order valence-corrected chi connectivity index (χ0v) is 11.1. The molecule has 0 atom stereocenters. The molecule has 1 amide bonds. The maximum atomic E-state index is 10.8. The highest BCUT2D eigenvalue weighted by Crippen LogP contribution is 2.15. The molecule has 2 aromatic rings. The Morgan fingerprint density at radius 3 is 2.58 bits per heavy atom. The average Bonchev–Trinajstić information content (AvgIpc) is 2.39. The van der Waals surface area contributed by atoms with Gasteiger partial charge in [0.05, 0.1) is 6.20 Å². The van der Waals surface area contributed by atoms with Crippen molar-refractivity contribution in [3.8, 4) is 5.75 Å². The smallest absolute Gasteiger partial charge is 0.222 e. The quantitative estimate of drug-likeness (QED) is 0.932. The van der Waals surface area contributed by atoms with Gasteiger partial charge in [0.2, 0.25) is 5.91 Å². The van der Waals surface area contributed by atoms with E-state index in [1.54, 1.807) is 18.3 Å². The van der Waals surface area contributed by atoms with E-state index >= 15 is 0 Å². The minimum absolute atomic E-state index is 0.151. The molecule has 0 unspecified atom stereocenters. The Kier molecular flexibility index (Phi) is 4.36. The molecule has 0 spiro atoms. The van der Waals surface area contributed by atoms with E-state index in [0.29, 0.717) is 23.2 Å². The van der Waals surface area contributed by atoms with Crippen molar-refractivity contribution in [1.82, 2.24) is 4.98 Å². The number of ether oxygens (including phenoxy) is 1. The summed E-state index contributed by atoms with van der Waals surface area (Å²) in [7, 11) is 0. The second-order valence-electron chi connectivity index (χ2n) is 3.98. The van der Waals surface area contributed by atoms with Crippen LogP contribution in [0.1, 0.15) is 12.5 Å². The Hall–Kier alpha value is -2.07. The predicted molar refractivity (Wildman–Crippen MR) is 74.3 cm³/mol. The number of aromatic nitrogens is 1. The summed E-state index contributed by atoms with van der Waals surface area (Å²) in [6.45, 7) is 1.88. The van der Waals surface area contributed by atoms with Crippen LogP contribution in [0.15, 0.2) is 42.6 Å². The molecule has 0 aliphatic rings. The molecule has 0 radical (unpaired) electrons. The summed E-state index contributed by atoms with van der Waals surface area (Å²) in [6, 6.07) is 10.9. The van der Waals surface area contributed by atoms with Crippen molar-refractivity contribution >= 4 is 23.3 Å². The third-order valence-electron chi connectivity index (χ3n) is 2.36. The Morgan fingerprint density at radius 1 is 1.26 bits per heavy atom. The van der Waals surface area contributed by atoms with Crippen LogP contribution in [-0.4, -0.2) is 10.9 Å². The lowest BCUT2D eigenvalue weighted by Gasteiger charge is -2.07. The van der Waals surface area contributed by atoms with Gasteiger partial charge in [0, 0.05) is 11.9 Å². The van der Waals surface area contributed by atoms with Crippen LogP contribution < -0.4 is 10.1 Å². The Bertz CT molecular complexity index is 553. The molecule has 1 aromatic heterocycles. The summed E-state index contributed by atoms with van der Waals surface area (Å²) in [4.78, 5) is 14.9. The predicted octanol–water partition coefficient (Wildman–Crippen LogP) is 3.27. The van der Waals surface area contributed by atoms with Gasteiger partial charge in [0.25, 0.3) is 0 Å². The highest BCUT2D eigenvalue weighted by atomic mass is 35.5. The van der Waals surface area contributed by atoms with E-state index in [1.807, 2.05) is 24.3 Å². The lowest BCUT2D eigenvalue weighted by molar-refractivity contribution is -0.114. The number of hydrogen-bond donors (Lipinski definition) is 1. The molecule has 0 aliphatic carbocycles. The van der Waals surface area contributed by atoms with Crippen molar-refractivity contribution in [2.45, 2.75) is 13.5 Å². The largest absolute Gasteiger partial charge is 0.487 e. The van der Waals surface area contributed by atoms with Crippen LogP contribution in [0, 0.1) is 0 Å². The van der Waals surface area contributed by atoms with Gasteiger partial charge in [-0.3, -0.25) is 4.79 Å². The number of amides is 1. The van der Waals surface area contributed by atoms with Crippen LogP contribution in [0.3, 0.4) is 0 Å². The summed E-state index contributed by atoms with van der Waals surface area (Å²) in [5, 5.41) is 3.29. The molecule has 2 rings (SSSR count). The fourth-order valence-corrected chi connectivity index (χ4v) is 1.59. The van der Waals surface area contributed by atoms with Crippen LogP contribution in [0.2, 0.25) is 5.02 Å². The maximum Gasteiger partial charge on any atom is 0.222 e. The Balaban J connectivity index is 1.92. The number of anilines is 1. The van der Waals surface area contributed by atoms with Gasteiger partial charge in [0.15, 0.2) is 0 Å². The fraction of sp³-hybridized carbons (Fsp3) is 0.143. The van der Waals surface area contributed by atoms with E-state index in [2.05, 4.69) is 10.3 Å². The van der Waals surface area contributed by atoms with Gasteiger partial charge in [-0.1, -0.05) is 23.7 Å². The van der Waals surface area contributed by atoms with Crippen LogP contribution >= 0.6 is 11.6 Å².